The lowest BCUT2D eigenvalue weighted by Crippen LogP contribution is -2.36. The zero-order valence-electron chi connectivity index (χ0n) is 18.2. The van der Waals surface area contributed by atoms with Crippen LogP contribution in [0.25, 0.3) is 11.5 Å². The second kappa shape index (κ2) is 12.9. The van der Waals surface area contributed by atoms with Gasteiger partial charge in [0.15, 0.2) is 11.8 Å². The lowest BCUT2D eigenvalue weighted by molar-refractivity contribution is 0.409. The highest BCUT2D eigenvalue weighted by atomic mass is 127. The van der Waals surface area contributed by atoms with Crippen molar-refractivity contribution < 1.29 is 9.26 Å². The summed E-state index contributed by atoms with van der Waals surface area (Å²) in [6, 6.07) is 16.0. The normalized spacial score (nSPS) is 11.0. The number of methoxy groups -OCH3 is 1. The molecule has 0 saturated heterocycles. The number of benzene rings is 2. The van der Waals surface area contributed by atoms with E-state index in [1.165, 1.54) is 0 Å². The molecule has 0 saturated carbocycles. The van der Waals surface area contributed by atoms with Crippen molar-refractivity contribution in [2.24, 2.45) is 4.99 Å². The first-order valence-electron chi connectivity index (χ1n) is 10.3. The summed E-state index contributed by atoms with van der Waals surface area (Å²) in [5.74, 6) is 2.89. The molecule has 0 bridgehead atoms. The maximum absolute atomic E-state index is 5.42. The van der Waals surface area contributed by atoms with Crippen LogP contribution >= 0.6 is 24.0 Å². The highest BCUT2D eigenvalue weighted by Crippen LogP contribution is 2.20. The number of nitrogens with one attached hydrogen (secondary N) is 2. The molecule has 1 heterocycles. The van der Waals surface area contributed by atoms with E-state index < -0.39 is 0 Å². The molecule has 0 radical (unpaired) electrons. The minimum absolute atomic E-state index is 0. The highest BCUT2D eigenvalue weighted by Gasteiger charge is 2.09. The Kier molecular flexibility index (Phi) is 10.3. The van der Waals surface area contributed by atoms with E-state index in [1.807, 2.05) is 55.5 Å². The fraction of sp³-hybridized carbons (Fsp3) is 0.348. The van der Waals surface area contributed by atoms with Crippen molar-refractivity contribution in [1.29, 1.82) is 0 Å². The summed E-state index contributed by atoms with van der Waals surface area (Å²) >= 11 is 0. The maximum atomic E-state index is 5.42. The van der Waals surface area contributed by atoms with Gasteiger partial charge >= 0.3 is 0 Å². The lowest BCUT2D eigenvalue weighted by atomic mass is 10.1. The molecule has 0 aliphatic heterocycles. The fourth-order valence-electron chi connectivity index (χ4n) is 3.04. The lowest BCUT2D eigenvalue weighted by Gasteiger charge is -2.13. The summed E-state index contributed by atoms with van der Waals surface area (Å²) in [5, 5.41) is 10.7. The molecule has 0 fully saturated rings. The van der Waals surface area contributed by atoms with Gasteiger partial charge in [0.2, 0.25) is 0 Å². The third-order valence-electron chi connectivity index (χ3n) is 4.52. The second-order valence-electron chi connectivity index (χ2n) is 6.83. The molecule has 0 unspecified atom stereocenters. The van der Waals surface area contributed by atoms with Crippen LogP contribution in [0.15, 0.2) is 58.0 Å². The SMILES string of the molecule is CCCc1noc(-c2cccc(CN=C(NCC)NCc3ccccc3OC)c2)n1.I. The van der Waals surface area contributed by atoms with Gasteiger partial charge in [-0.2, -0.15) is 4.98 Å². The van der Waals surface area contributed by atoms with Gasteiger partial charge in [0, 0.05) is 30.6 Å². The Morgan fingerprint density at radius 1 is 1.10 bits per heavy atom. The van der Waals surface area contributed by atoms with E-state index in [1.54, 1.807) is 7.11 Å². The summed E-state index contributed by atoms with van der Waals surface area (Å²) in [5.41, 5.74) is 3.05. The predicted molar refractivity (Wildman–Crippen MR) is 134 cm³/mol. The molecule has 1 aromatic heterocycles. The van der Waals surface area contributed by atoms with Gasteiger partial charge in [-0.1, -0.05) is 42.4 Å². The number of aryl methyl sites for hydroxylation is 1. The van der Waals surface area contributed by atoms with Gasteiger partial charge in [-0.25, -0.2) is 4.99 Å². The number of hydrogen-bond acceptors (Lipinski definition) is 5. The molecule has 0 amide bonds. The van der Waals surface area contributed by atoms with Crippen LogP contribution in [0.4, 0.5) is 0 Å². The number of aliphatic imine (C=N–C) groups is 1. The molecule has 31 heavy (non-hydrogen) atoms. The van der Waals surface area contributed by atoms with Gasteiger partial charge < -0.3 is 19.9 Å². The van der Waals surface area contributed by atoms with Crippen molar-refractivity contribution in [3.8, 4) is 17.2 Å². The van der Waals surface area contributed by atoms with Crippen molar-refractivity contribution >= 4 is 29.9 Å². The number of guanidine groups is 1. The number of para-hydroxylation sites is 1. The minimum atomic E-state index is 0. The van der Waals surface area contributed by atoms with Crippen molar-refractivity contribution in [2.75, 3.05) is 13.7 Å². The molecule has 7 nitrogen and oxygen atoms in total. The van der Waals surface area contributed by atoms with Gasteiger partial charge in [0.05, 0.1) is 13.7 Å². The molecule has 8 heteroatoms. The molecule has 2 N–H and O–H groups in total. The van der Waals surface area contributed by atoms with Gasteiger partial charge in [-0.15, -0.1) is 24.0 Å². The summed E-state index contributed by atoms with van der Waals surface area (Å²) in [4.78, 5) is 9.18. The predicted octanol–water partition coefficient (Wildman–Crippen LogP) is 4.57. The number of aromatic nitrogens is 2. The number of nitrogens with zero attached hydrogens (tertiary/aromatic N) is 3. The first kappa shape index (κ1) is 24.6. The van der Waals surface area contributed by atoms with Crippen LogP contribution in [0, 0.1) is 0 Å². The standard InChI is InChI=1S/C23H29N5O2.HI/c1-4-9-21-27-22(30-28-21)18-12-8-10-17(14-18)15-25-23(24-5-2)26-16-19-11-6-7-13-20(19)29-3;/h6-8,10-14H,4-5,9,15-16H2,1-3H3,(H2,24,25,26);1H. The number of halogens is 1. The monoisotopic (exact) mass is 535 g/mol. The van der Waals surface area contributed by atoms with E-state index in [4.69, 9.17) is 14.3 Å². The summed E-state index contributed by atoms with van der Waals surface area (Å²) in [6.07, 6.45) is 1.81. The third kappa shape index (κ3) is 7.23. The topological polar surface area (TPSA) is 84.6 Å². The van der Waals surface area contributed by atoms with Gasteiger partial charge in [0.1, 0.15) is 5.75 Å². The molecule has 3 aromatic rings. The third-order valence-corrected chi connectivity index (χ3v) is 4.52. The first-order chi connectivity index (χ1) is 14.7. The minimum Gasteiger partial charge on any atom is -0.496 e. The van der Waals surface area contributed by atoms with Crippen LogP contribution in [-0.2, 0) is 19.5 Å². The van der Waals surface area contributed by atoms with Gasteiger partial charge in [0.25, 0.3) is 5.89 Å². The van der Waals surface area contributed by atoms with Crippen molar-refractivity contribution in [3.05, 3.63) is 65.5 Å². The molecule has 2 aromatic carbocycles. The van der Waals surface area contributed by atoms with Crippen LogP contribution in [-0.4, -0.2) is 29.8 Å². The quantitative estimate of drug-likeness (QED) is 0.237. The molecular weight excluding hydrogens is 505 g/mol. The largest absolute Gasteiger partial charge is 0.496 e. The van der Waals surface area contributed by atoms with Crippen LogP contribution in [0.3, 0.4) is 0 Å². The highest BCUT2D eigenvalue weighted by molar-refractivity contribution is 14.0. The maximum Gasteiger partial charge on any atom is 0.257 e. The number of hydrogen-bond donors (Lipinski definition) is 2. The van der Waals surface area contributed by atoms with E-state index in [0.717, 1.165) is 53.6 Å². The Labute approximate surface area is 200 Å². The molecule has 3 rings (SSSR count). The zero-order valence-corrected chi connectivity index (χ0v) is 20.6. The van der Waals surface area contributed by atoms with E-state index >= 15 is 0 Å². The van der Waals surface area contributed by atoms with E-state index in [9.17, 15) is 0 Å². The number of rotatable bonds is 9. The molecular formula is C23H30IN5O2. The van der Waals surface area contributed by atoms with Crippen molar-refractivity contribution in [1.82, 2.24) is 20.8 Å². The van der Waals surface area contributed by atoms with Crippen LogP contribution in [0.2, 0.25) is 0 Å². The summed E-state index contributed by atoms with van der Waals surface area (Å²) < 4.78 is 10.8. The Morgan fingerprint density at radius 3 is 2.71 bits per heavy atom. The molecule has 0 atom stereocenters. The van der Waals surface area contributed by atoms with Gasteiger partial charge in [-0.3, -0.25) is 0 Å². The Bertz CT molecular complexity index is 974. The van der Waals surface area contributed by atoms with Crippen LogP contribution in [0.1, 0.15) is 37.2 Å². The van der Waals surface area contributed by atoms with E-state index in [0.29, 0.717) is 19.0 Å². The molecule has 0 aliphatic carbocycles. The van der Waals surface area contributed by atoms with Crippen molar-refractivity contribution in [2.45, 2.75) is 39.8 Å². The second-order valence-corrected chi connectivity index (χ2v) is 6.83. The average Bonchev–Trinajstić information content (AvgIpc) is 3.25. The molecule has 0 spiro atoms. The summed E-state index contributed by atoms with van der Waals surface area (Å²) in [7, 11) is 1.68. The fourth-order valence-corrected chi connectivity index (χ4v) is 3.04. The van der Waals surface area contributed by atoms with Crippen LogP contribution < -0.4 is 15.4 Å². The number of ether oxygens (including phenoxy) is 1. The molecule has 166 valence electrons. The first-order valence-corrected chi connectivity index (χ1v) is 10.3. The van der Waals surface area contributed by atoms with Crippen LogP contribution in [0.5, 0.6) is 5.75 Å². The van der Waals surface area contributed by atoms with Crippen molar-refractivity contribution in [3.63, 3.8) is 0 Å². The van der Waals surface area contributed by atoms with Gasteiger partial charge in [-0.05, 0) is 37.1 Å². The van der Waals surface area contributed by atoms with E-state index in [-0.39, 0.29) is 24.0 Å². The average molecular weight is 535 g/mol. The molecule has 0 aliphatic rings. The smallest absolute Gasteiger partial charge is 0.257 e. The Balaban J connectivity index is 0.00000341. The zero-order chi connectivity index (χ0) is 21.2. The van der Waals surface area contributed by atoms with E-state index in [2.05, 4.69) is 27.7 Å². The Morgan fingerprint density at radius 2 is 1.94 bits per heavy atom. The Hall–Kier alpha value is -2.62. The summed E-state index contributed by atoms with van der Waals surface area (Å²) in [6.45, 7) is 6.08.